The first kappa shape index (κ1) is 17.9. The van der Waals surface area contributed by atoms with E-state index in [9.17, 15) is 18.5 Å². The molecule has 8 heteroatoms. The number of rotatable bonds is 7. The molecule has 0 aromatic heterocycles. The Morgan fingerprint density at radius 2 is 1.75 bits per heavy atom. The van der Waals surface area contributed by atoms with Gasteiger partial charge in [-0.1, -0.05) is 18.2 Å². The van der Waals surface area contributed by atoms with Gasteiger partial charge in [-0.15, -0.1) is 0 Å². The molecule has 0 amide bonds. The summed E-state index contributed by atoms with van der Waals surface area (Å²) < 4.78 is 32.2. The fourth-order valence-corrected chi connectivity index (χ4v) is 3.46. The molecule has 0 aliphatic rings. The van der Waals surface area contributed by atoms with Crippen molar-refractivity contribution in [3.05, 3.63) is 63.7 Å². The Balaban J connectivity index is 2.00. The van der Waals surface area contributed by atoms with Crippen LogP contribution in [0.2, 0.25) is 0 Å². The Bertz CT molecular complexity index is 829. The van der Waals surface area contributed by atoms with Gasteiger partial charge in [0.1, 0.15) is 12.4 Å². The molecule has 0 spiro atoms. The van der Waals surface area contributed by atoms with Gasteiger partial charge in [0.05, 0.1) is 4.92 Å². The quantitative estimate of drug-likeness (QED) is 0.470. The summed E-state index contributed by atoms with van der Waals surface area (Å²) in [5.74, 6) is 0.650. The molecule has 0 aliphatic carbocycles. The summed E-state index contributed by atoms with van der Waals surface area (Å²) in [4.78, 5) is 9.85. The van der Waals surface area contributed by atoms with E-state index in [1.54, 1.807) is 0 Å². The van der Waals surface area contributed by atoms with Crippen molar-refractivity contribution in [3.63, 3.8) is 0 Å². The second-order valence-electron chi connectivity index (χ2n) is 5.29. The summed E-state index contributed by atoms with van der Waals surface area (Å²) in [6, 6.07) is 10.9. The number of benzene rings is 2. The number of nitro benzene ring substituents is 1. The van der Waals surface area contributed by atoms with Gasteiger partial charge in [0.15, 0.2) is 4.90 Å². The van der Waals surface area contributed by atoms with E-state index in [0.717, 1.165) is 17.2 Å². The van der Waals surface area contributed by atoms with Crippen LogP contribution in [-0.4, -0.2) is 26.5 Å². The first-order valence-electron chi connectivity index (χ1n) is 7.24. The highest BCUT2D eigenvalue weighted by molar-refractivity contribution is 7.89. The van der Waals surface area contributed by atoms with Crippen molar-refractivity contribution < 1.29 is 18.1 Å². The molecule has 0 aliphatic heterocycles. The number of ether oxygens (including phenoxy) is 1. The van der Waals surface area contributed by atoms with E-state index < -0.39 is 20.6 Å². The summed E-state index contributed by atoms with van der Waals surface area (Å²) in [7, 11) is -3.98. The van der Waals surface area contributed by atoms with Crippen LogP contribution >= 0.6 is 0 Å². The molecule has 0 fully saturated rings. The summed E-state index contributed by atoms with van der Waals surface area (Å²) in [5.41, 5.74) is 1.64. The smallest absolute Gasteiger partial charge is 0.289 e. The molecule has 0 bridgehead atoms. The molecule has 2 aromatic rings. The molecule has 0 heterocycles. The predicted octanol–water partition coefficient (Wildman–Crippen LogP) is 2.57. The van der Waals surface area contributed by atoms with Gasteiger partial charge in [-0.3, -0.25) is 10.1 Å². The minimum absolute atomic E-state index is 0.00136. The van der Waals surface area contributed by atoms with Crippen LogP contribution in [0.4, 0.5) is 5.69 Å². The van der Waals surface area contributed by atoms with Crippen LogP contribution in [0.1, 0.15) is 11.1 Å². The zero-order valence-corrected chi connectivity index (χ0v) is 14.2. The number of hydrogen-bond donors (Lipinski definition) is 1. The Kier molecular flexibility index (Phi) is 5.53. The third-order valence-electron chi connectivity index (χ3n) is 3.21. The van der Waals surface area contributed by atoms with Crippen molar-refractivity contribution >= 4 is 15.7 Å². The topological polar surface area (TPSA) is 98.5 Å². The minimum Gasteiger partial charge on any atom is -0.492 e. The highest BCUT2D eigenvalue weighted by Crippen LogP contribution is 2.22. The molecular weight excluding hydrogens is 332 g/mol. The zero-order valence-electron chi connectivity index (χ0n) is 13.4. The van der Waals surface area contributed by atoms with Crippen LogP contribution in [-0.2, 0) is 10.0 Å². The lowest BCUT2D eigenvalue weighted by Gasteiger charge is -2.10. The van der Waals surface area contributed by atoms with Crippen molar-refractivity contribution in [1.29, 1.82) is 0 Å². The van der Waals surface area contributed by atoms with Crippen LogP contribution < -0.4 is 9.46 Å². The maximum atomic E-state index is 12.2. The molecule has 2 rings (SSSR count). The van der Waals surface area contributed by atoms with Gasteiger partial charge in [0, 0.05) is 12.6 Å². The van der Waals surface area contributed by atoms with E-state index in [1.165, 1.54) is 18.2 Å². The van der Waals surface area contributed by atoms with Gasteiger partial charge in [0.2, 0.25) is 10.0 Å². The van der Waals surface area contributed by atoms with Crippen LogP contribution in [0.15, 0.2) is 47.4 Å². The van der Waals surface area contributed by atoms with E-state index in [4.69, 9.17) is 4.74 Å². The molecule has 0 atom stereocenters. The largest absolute Gasteiger partial charge is 0.492 e. The molecule has 0 saturated heterocycles. The van der Waals surface area contributed by atoms with Crippen LogP contribution in [0.25, 0.3) is 0 Å². The fourth-order valence-electron chi connectivity index (χ4n) is 2.27. The van der Waals surface area contributed by atoms with Gasteiger partial charge in [-0.25, -0.2) is 13.1 Å². The summed E-state index contributed by atoms with van der Waals surface area (Å²) in [6.07, 6.45) is 0. The van der Waals surface area contributed by atoms with Crippen LogP contribution in [0, 0.1) is 24.0 Å². The first-order valence-corrected chi connectivity index (χ1v) is 8.72. The van der Waals surface area contributed by atoms with Crippen molar-refractivity contribution in [2.24, 2.45) is 0 Å². The van der Waals surface area contributed by atoms with E-state index in [-0.39, 0.29) is 18.0 Å². The summed E-state index contributed by atoms with van der Waals surface area (Å²) in [5, 5.41) is 10.9. The maximum absolute atomic E-state index is 12.2. The lowest BCUT2D eigenvalue weighted by atomic mass is 10.1. The number of nitrogens with zero attached hydrogens (tertiary/aromatic N) is 1. The second-order valence-corrected chi connectivity index (χ2v) is 7.03. The fraction of sp³-hybridized carbons (Fsp3) is 0.250. The predicted molar refractivity (Wildman–Crippen MR) is 89.7 cm³/mol. The maximum Gasteiger partial charge on any atom is 0.289 e. The van der Waals surface area contributed by atoms with E-state index in [2.05, 4.69) is 4.72 Å². The molecule has 0 saturated carbocycles. The van der Waals surface area contributed by atoms with Gasteiger partial charge in [0.25, 0.3) is 5.69 Å². The zero-order chi connectivity index (χ0) is 17.7. The van der Waals surface area contributed by atoms with Gasteiger partial charge < -0.3 is 4.74 Å². The number of nitro groups is 1. The average molecular weight is 350 g/mol. The lowest BCUT2D eigenvalue weighted by molar-refractivity contribution is -0.387. The van der Waals surface area contributed by atoms with Crippen LogP contribution in [0.3, 0.4) is 0 Å². The van der Waals surface area contributed by atoms with Crippen molar-refractivity contribution in [1.82, 2.24) is 4.72 Å². The third kappa shape index (κ3) is 4.53. The number of hydrogen-bond acceptors (Lipinski definition) is 5. The Morgan fingerprint density at radius 1 is 1.12 bits per heavy atom. The molecule has 0 radical (unpaired) electrons. The highest BCUT2D eigenvalue weighted by Gasteiger charge is 2.24. The molecule has 2 aromatic carbocycles. The standard InChI is InChI=1S/C16H18N2O5S/c1-12-9-13(2)11-14(10-12)23-8-7-17-24(21,22)16-6-4-3-5-15(16)18(19)20/h3-6,9-11,17H,7-8H2,1-2H3. The van der Waals surface area contributed by atoms with Crippen molar-refractivity contribution in [3.8, 4) is 5.75 Å². The molecule has 7 nitrogen and oxygen atoms in total. The SMILES string of the molecule is Cc1cc(C)cc(OCCNS(=O)(=O)c2ccccc2[N+](=O)[O-])c1. The second kappa shape index (κ2) is 7.41. The number of sulfonamides is 1. The van der Waals surface area contributed by atoms with Gasteiger partial charge >= 0.3 is 0 Å². The number of para-hydroxylation sites is 1. The van der Waals surface area contributed by atoms with Gasteiger partial charge in [-0.2, -0.15) is 0 Å². The normalized spacial score (nSPS) is 11.2. The van der Waals surface area contributed by atoms with Crippen molar-refractivity contribution in [2.45, 2.75) is 18.7 Å². The molecule has 0 unspecified atom stereocenters. The van der Waals surface area contributed by atoms with E-state index >= 15 is 0 Å². The monoisotopic (exact) mass is 350 g/mol. The first-order chi connectivity index (χ1) is 11.3. The number of nitrogens with one attached hydrogen (secondary N) is 1. The van der Waals surface area contributed by atoms with Crippen LogP contribution in [0.5, 0.6) is 5.75 Å². The molecule has 128 valence electrons. The van der Waals surface area contributed by atoms with Gasteiger partial charge in [-0.05, 0) is 43.2 Å². The lowest BCUT2D eigenvalue weighted by Crippen LogP contribution is -2.28. The third-order valence-corrected chi connectivity index (χ3v) is 4.72. The van der Waals surface area contributed by atoms with E-state index in [1.807, 2.05) is 32.0 Å². The molecule has 24 heavy (non-hydrogen) atoms. The van der Waals surface area contributed by atoms with Crippen molar-refractivity contribution in [2.75, 3.05) is 13.2 Å². The highest BCUT2D eigenvalue weighted by atomic mass is 32.2. The molecular formula is C16H18N2O5S. The minimum atomic E-state index is -3.98. The Hall–Kier alpha value is -2.45. The Labute approximate surface area is 140 Å². The molecule has 1 N–H and O–H groups in total. The van der Waals surface area contributed by atoms with E-state index in [0.29, 0.717) is 5.75 Å². The Morgan fingerprint density at radius 3 is 2.38 bits per heavy atom. The number of aryl methyl sites for hydroxylation is 2. The average Bonchev–Trinajstić information content (AvgIpc) is 2.50. The summed E-state index contributed by atoms with van der Waals surface area (Å²) >= 11 is 0. The summed E-state index contributed by atoms with van der Waals surface area (Å²) in [6.45, 7) is 4.00.